The van der Waals surface area contributed by atoms with Crippen molar-refractivity contribution in [2.24, 2.45) is 5.92 Å². The SMILES string of the molecule is c1ccc(CN2CCC(CN3CCc4ccccc4C3)CC2)cc1. The van der Waals surface area contributed by atoms with E-state index < -0.39 is 0 Å². The highest BCUT2D eigenvalue weighted by atomic mass is 15.1. The van der Waals surface area contributed by atoms with Crippen LogP contribution in [0.25, 0.3) is 0 Å². The van der Waals surface area contributed by atoms with Crippen molar-refractivity contribution in [1.82, 2.24) is 9.80 Å². The van der Waals surface area contributed by atoms with Crippen LogP contribution in [0, 0.1) is 5.92 Å². The normalized spacial score (nSPS) is 20.0. The van der Waals surface area contributed by atoms with Crippen LogP contribution < -0.4 is 0 Å². The number of hydrogen-bond donors (Lipinski definition) is 0. The number of rotatable bonds is 4. The van der Waals surface area contributed by atoms with Gasteiger partial charge >= 0.3 is 0 Å². The van der Waals surface area contributed by atoms with Crippen molar-refractivity contribution < 1.29 is 0 Å². The van der Waals surface area contributed by atoms with E-state index in [4.69, 9.17) is 0 Å². The molecule has 2 heterocycles. The standard InChI is InChI=1S/C22H28N2/c1-2-6-19(7-3-1)16-23-13-10-20(11-14-23)17-24-15-12-21-8-4-5-9-22(21)18-24/h1-9,20H,10-18H2. The summed E-state index contributed by atoms with van der Waals surface area (Å²) in [5.41, 5.74) is 4.56. The van der Waals surface area contributed by atoms with Crippen molar-refractivity contribution >= 4 is 0 Å². The third-order valence-electron chi connectivity index (χ3n) is 5.68. The van der Waals surface area contributed by atoms with E-state index in [2.05, 4.69) is 64.4 Å². The monoisotopic (exact) mass is 320 g/mol. The van der Waals surface area contributed by atoms with Crippen molar-refractivity contribution in [1.29, 1.82) is 0 Å². The molecule has 2 aromatic rings. The molecule has 0 saturated carbocycles. The maximum absolute atomic E-state index is 2.68. The first-order valence-electron chi connectivity index (χ1n) is 9.42. The summed E-state index contributed by atoms with van der Waals surface area (Å²) in [6.07, 6.45) is 3.93. The fourth-order valence-electron chi connectivity index (χ4n) is 4.24. The summed E-state index contributed by atoms with van der Waals surface area (Å²) in [5, 5.41) is 0. The molecule has 0 atom stereocenters. The average Bonchev–Trinajstić information content (AvgIpc) is 2.64. The Labute approximate surface area is 146 Å². The molecule has 0 spiro atoms. The highest BCUT2D eigenvalue weighted by molar-refractivity contribution is 5.29. The lowest BCUT2D eigenvalue weighted by molar-refractivity contribution is 0.132. The zero-order chi connectivity index (χ0) is 16.2. The van der Waals surface area contributed by atoms with Gasteiger partial charge in [-0.1, -0.05) is 54.6 Å². The van der Waals surface area contributed by atoms with E-state index in [-0.39, 0.29) is 0 Å². The van der Waals surface area contributed by atoms with Crippen molar-refractivity contribution in [3.63, 3.8) is 0 Å². The molecule has 0 bridgehead atoms. The second-order valence-electron chi connectivity index (χ2n) is 7.46. The van der Waals surface area contributed by atoms with Gasteiger partial charge in [0.1, 0.15) is 0 Å². The van der Waals surface area contributed by atoms with Gasteiger partial charge in [0.05, 0.1) is 0 Å². The van der Waals surface area contributed by atoms with Gasteiger partial charge in [0.25, 0.3) is 0 Å². The van der Waals surface area contributed by atoms with Crippen LogP contribution in [-0.2, 0) is 19.5 Å². The van der Waals surface area contributed by atoms with E-state index in [1.165, 1.54) is 51.0 Å². The van der Waals surface area contributed by atoms with Crippen LogP contribution in [0.3, 0.4) is 0 Å². The topological polar surface area (TPSA) is 6.48 Å². The van der Waals surface area contributed by atoms with Gasteiger partial charge < -0.3 is 0 Å². The maximum atomic E-state index is 2.68. The number of benzene rings is 2. The van der Waals surface area contributed by atoms with E-state index in [1.807, 2.05) is 0 Å². The molecular formula is C22H28N2. The Morgan fingerprint density at radius 3 is 2.25 bits per heavy atom. The Morgan fingerprint density at radius 2 is 1.46 bits per heavy atom. The second-order valence-corrected chi connectivity index (χ2v) is 7.46. The highest BCUT2D eigenvalue weighted by Crippen LogP contribution is 2.24. The van der Waals surface area contributed by atoms with Gasteiger partial charge in [-0.3, -0.25) is 9.80 Å². The molecule has 0 N–H and O–H groups in total. The third kappa shape index (κ3) is 3.88. The summed E-state index contributed by atoms with van der Waals surface area (Å²) in [7, 11) is 0. The Morgan fingerprint density at radius 1 is 0.750 bits per heavy atom. The number of nitrogens with zero attached hydrogens (tertiary/aromatic N) is 2. The molecule has 1 fully saturated rings. The summed E-state index contributed by atoms with van der Waals surface area (Å²) < 4.78 is 0. The predicted molar refractivity (Wildman–Crippen MR) is 99.9 cm³/mol. The van der Waals surface area contributed by atoms with Crippen LogP contribution in [0.1, 0.15) is 29.5 Å². The number of likely N-dealkylation sites (tertiary alicyclic amines) is 1. The molecule has 2 heteroatoms. The van der Waals surface area contributed by atoms with Crippen molar-refractivity contribution in [2.45, 2.75) is 32.4 Å². The van der Waals surface area contributed by atoms with Crippen LogP contribution in [0.4, 0.5) is 0 Å². The van der Waals surface area contributed by atoms with E-state index in [0.29, 0.717) is 0 Å². The Balaban J connectivity index is 1.25. The molecule has 2 aliphatic rings. The molecule has 0 unspecified atom stereocenters. The van der Waals surface area contributed by atoms with E-state index in [0.717, 1.165) is 19.0 Å². The molecule has 2 aliphatic heterocycles. The minimum absolute atomic E-state index is 0.877. The molecule has 2 aromatic carbocycles. The van der Waals surface area contributed by atoms with Gasteiger partial charge in [-0.2, -0.15) is 0 Å². The van der Waals surface area contributed by atoms with Crippen LogP contribution in [0.15, 0.2) is 54.6 Å². The Kier molecular flexibility index (Phi) is 4.96. The molecule has 24 heavy (non-hydrogen) atoms. The van der Waals surface area contributed by atoms with Gasteiger partial charge in [-0.15, -0.1) is 0 Å². The number of hydrogen-bond acceptors (Lipinski definition) is 2. The lowest BCUT2D eigenvalue weighted by Gasteiger charge is -2.36. The van der Waals surface area contributed by atoms with Crippen molar-refractivity contribution in [2.75, 3.05) is 26.2 Å². The zero-order valence-electron chi connectivity index (χ0n) is 14.5. The zero-order valence-corrected chi connectivity index (χ0v) is 14.5. The molecule has 2 nitrogen and oxygen atoms in total. The van der Waals surface area contributed by atoms with Crippen LogP contribution in [0.2, 0.25) is 0 Å². The first kappa shape index (κ1) is 15.9. The molecule has 0 radical (unpaired) electrons. The summed E-state index contributed by atoms with van der Waals surface area (Å²) in [4.78, 5) is 5.30. The average molecular weight is 320 g/mol. The minimum atomic E-state index is 0.877. The summed E-state index contributed by atoms with van der Waals surface area (Å²) in [6, 6.07) is 19.9. The fraction of sp³-hybridized carbons (Fsp3) is 0.455. The number of piperidine rings is 1. The van der Waals surface area contributed by atoms with Crippen LogP contribution >= 0.6 is 0 Å². The molecule has 126 valence electrons. The predicted octanol–water partition coefficient (Wildman–Crippen LogP) is 3.96. The Bertz CT molecular complexity index is 644. The molecule has 0 amide bonds. The molecular weight excluding hydrogens is 292 g/mol. The maximum Gasteiger partial charge on any atom is 0.0236 e. The number of fused-ring (bicyclic) bond motifs is 1. The van der Waals surface area contributed by atoms with E-state index in [9.17, 15) is 0 Å². The van der Waals surface area contributed by atoms with Gasteiger partial charge in [0, 0.05) is 26.2 Å². The second kappa shape index (κ2) is 7.50. The molecule has 4 rings (SSSR count). The summed E-state index contributed by atoms with van der Waals surface area (Å²) >= 11 is 0. The fourth-order valence-corrected chi connectivity index (χ4v) is 4.24. The smallest absolute Gasteiger partial charge is 0.0236 e. The lowest BCUT2D eigenvalue weighted by atomic mass is 9.93. The summed E-state index contributed by atoms with van der Waals surface area (Å²) in [6.45, 7) is 7.30. The van der Waals surface area contributed by atoms with Gasteiger partial charge in [0.2, 0.25) is 0 Å². The first-order valence-corrected chi connectivity index (χ1v) is 9.42. The van der Waals surface area contributed by atoms with E-state index >= 15 is 0 Å². The van der Waals surface area contributed by atoms with E-state index in [1.54, 1.807) is 11.1 Å². The Hall–Kier alpha value is -1.64. The quantitative estimate of drug-likeness (QED) is 0.841. The largest absolute Gasteiger partial charge is 0.299 e. The van der Waals surface area contributed by atoms with Crippen molar-refractivity contribution in [3.05, 3.63) is 71.3 Å². The van der Waals surface area contributed by atoms with Gasteiger partial charge in [0.15, 0.2) is 0 Å². The summed E-state index contributed by atoms with van der Waals surface area (Å²) in [5.74, 6) is 0.877. The first-order chi connectivity index (χ1) is 11.9. The highest BCUT2D eigenvalue weighted by Gasteiger charge is 2.23. The minimum Gasteiger partial charge on any atom is -0.299 e. The van der Waals surface area contributed by atoms with Gasteiger partial charge in [-0.05, 0) is 55.0 Å². The molecule has 0 aliphatic carbocycles. The molecule has 0 aromatic heterocycles. The van der Waals surface area contributed by atoms with Gasteiger partial charge in [-0.25, -0.2) is 0 Å². The van der Waals surface area contributed by atoms with Crippen LogP contribution in [0.5, 0.6) is 0 Å². The third-order valence-corrected chi connectivity index (χ3v) is 5.68. The lowest BCUT2D eigenvalue weighted by Crippen LogP contribution is -2.40. The van der Waals surface area contributed by atoms with Crippen LogP contribution in [-0.4, -0.2) is 36.0 Å². The van der Waals surface area contributed by atoms with Crippen molar-refractivity contribution in [3.8, 4) is 0 Å². The molecule has 1 saturated heterocycles.